The SMILES string of the molecule is [C-]#[N+][C@@H]1[C@@H](C)CC[C@@]12C=C(C(C)C)CC[C@@H]2C. The fourth-order valence-electron chi connectivity index (χ4n) is 3.92. The van der Waals surface area contributed by atoms with Crippen LogP contribution in [0.4, 0.5) is 0 Å². The molecule has 0 bridgehead atoms. The van der Waals surface area contributed by atoms with Gasteiger partial charge in [0.1, 0.15) is 0 Å². The van der Waals surface area contributed by atoms with Crippen LogP contribution >= 0.6 is 0 Å². The van der Waals surface area contributed by atoms with Crippen molar-refractivity contribution in [1.29, 1.82) is 0 Å². The molecule has 0 aromatic heterocycles. The van der Waals surface area contributed by atoms with Crippen molar-refractivity contribution in [2.45, 2.75) is 59.4 Å². The third kappa shape index (κ3) is 1.92. The Morgan fingerprint density at radius 1 is 1.35 bits per heavy atom. The predicted octanol–water partition coefficient (Wildman–Crippen LogP) is 4.70. The van der Waals surface area contributed by atoms with E-state index in [1.807, 2.05) is 0 Å². The molecule has 2 rings (SSSR count). The van der Waals surface area contributed by atoms with E-state index in [1.54, 1.807) is 5.57 Å². The molecule has 0 aromatic carbocycles. The smallest absolute Gasteiger partial charge is 0.235 e. The average molecular weight is 231 g/mol. The molecule has 1 heteroatoms. The molecule has 2 aliphatic carbocycles. The highest BCUT2D eigenvalue weighted by molar-refractivity contribution is 5.24. The molecule has 0 unspecified atom stereocenters. The van der Waals surface area contributed by atoms with E-state index in [-0.39, 0.29) is 11.5 Å². The summed E-state index contributed by atoms with van der Waals surface area (Å²) in [6.45, 7) is 16.8. The van der Waals surface area contributed by atoms with Gasteiger partial charge in [0.15, 0.2) is 0 Å². The Morgan fingerprint density at radius 2 is 2.06 bits per heavy atom. The van der Waals surface area contributed by atoms with Gasteiger partial charge in [0.2, 0.25) is 6.04 Å². The third-order valence-corrected chi connectivity index (χ3v) is 5.24. The zero-order valence-corrected chi connectivity index (χ0v) is 11.7. The van der Waals surface area contributed by atoms with Gasteiger partial charge < -0.3 is 4.85 Å². The van der Waals surface area contributed by atoms with Crippen molar-refractivity contribution >= 4 is 0 Å². The van der Waals surface area contributed by atoms with Crippen LogP contribution < -0.4 is 0 Å². The quantitative estimate of drug-likeness (QED) is 0.455. The molecule has 0 aromatic rings. The van der Waals surface area contributed by atoms with Crippen molar-refractivity contribution in [3.05, 3.63) is 23.1 Å². The summed E-state index contributed by atoms with van der Waals surface area (Å²) >= 11 is 0. The molecule has 0 aliphatic heterocycles. The standard InChI is InChI=1S/C16H25N/c1-11(2)14-7-6-13(4)16(10-14)9-8-12(3)15(16)17-5/h10-13,15H,6-9H2,1-4H3/t12-,13-,15+,16-/m0/s1. The lowest BCUT2D eigenvalue weighted by Crippen LogP contribution is -2.37. The maximum absolute atomic E-state index is 7.55. The van der Waals surface area contributed by atoms with E-state index in [0.29, 0.717) is 17.8 Å². The molecule has 0 N–H and O–H groups in total. The lowest BCUT2D eigenvalue weighted by atomic mass is 9.64. The summed E-state index contributed by atoms with van der Waals surface area (Å²) in [6, 6.07) is 0.228. The lowest BCUT2D eigenvalue weighted by molar-refractivity contribution is 0.203. The Hall–Kier alpha value is -0.770. The van der Waals surface area contributed by atoms with Crippen molar-refractivity contribution in [2.24, 2.45) is 23.2 Å². The normalized spacial score (nSPS) is 41.6. The van der Waals surface area contributed by atoms with Crippen LogP contribution in [0.25, 0.3) is 4.85 Å². The fraction of sp³-hybridized carbons (Fsp3) is 0.812. The van der Waals surface area contributed by atoms with Crippen LogP contribution in [-0.2, 0) is 0 Å². The Bertz CT molecular complexity index is 360. The molecule has 1 fully saturated rings. The van der Waals surface area contributed by atoms with Gasteiger partial charge >= 0.3 is 0 Å². The van der Waals surface area contributed by atoms with E-state index in [0.717, 1.165) is 0 Å². The summed E-state index contributed by atoms with van der Waals surface area (Å²) in [4.78, 5) is 4.00. The molecule has 0 amide bonds. The highest BCUT2D eigenvalue weighted by atomic mass is 14.8. The van der Waals surface area contributed by atoms with E-state index in [1.165, 1.54) is 25.7 Å². The van der Waals surface area contributed by atoms with Crippen LogP contribution in [0.15, 0.2) is 11.6 Å². The maximum Gasteiger partial charge on any atom is 0.235 e. The molecule has 4 atom stereocenters. The van der Waals surface area contributed by atoms with Crippen LogP contribution in [0.3, 0.4) is 0 Å². The molecule has 1 saturated carbocycles. The van der Waals surface area contributed by atoms with Gasteiger partial charge in [-0.3, -0.25) is 0 Å². The first-order chi connectivity index (χ1) is 8.01. The molecule has 1 spiro atoms. The first-order valence-corrected chi connectivity index (χ1v) is 7.09. The molecular weight excluding hydrogens is 206 g/mol. The topological polar surface area (TPSA) is 4.36 Å². The molecule has 94 valence electrons. The van der Waals surface area contributed by atoms with Crippen LogP contribution in [0.2, 0.25) is 0 Å². The number of nitrogens with zero attached hydrogens (tertiary/aromatic N) is 1. The largest absolute Gasteiger partial charge is 0.312 e. The zero-order valence-electron chi connectivity index (χ0n) is 11.7. The first kappa shape index (κ1) is 12.7. The maximum atomic E-state index is 7.55. The van der Waals surface area contributed by atoms with Gasteiger partial charge in [0.25, 0.3) is 0 Å². The van der Waals surface area contributed by atoms with Crippen LogP contribution in [-0.4, -0.2) is 6.04 Å². The van der Waals surface area contributed by atoms with Gasteiger partial charge in [0.05, 0.1) is 5.41 Å². The number of hydrogen-bond acceptors (Lipinski definition) is 0. The molecule has 0 saturated heterocycles. The van der Waals surface area contributed by atoms with Crippen molar-refractivity contribution < 1.29 is 0 Å². The van der Waals surface area contributed by atoms with Crippen molar-refractivity contribution in [2.75, 3.05) is 0 Å². The Morgan fingerprint density at radius 3 is 2.65 bits per heavy atom. The minimum Gasteiger partial charge on any atom is -0.312 e. The molecule has 0 heterocycles. The van der Waals surface area contributed by atoms with Crippen LogP contribution in [0.1, 0.15) is 53.4 Å². The second kappa shape index (κ2) is 4.48. The summed E-state index contributed by atoms with van der Waals surface area (Å²) in [5, 5.41) is 0. The number of hydrogen-bond donors (Lipinski definition) is 0. The highest BCUT2D eigenvalue weighted by Crippen LogP contribution is 2.54. The third-order valence-electron chi connectivity index (χ3n) is 5.24. The number of allylic oxidation sites excluding steroid dienone is 1. The minimum absolute atomic E-state index is 0.207. The van der Waals surface area contributed by atoms with Crippen LogP contribution in [0.5, 0.6) is 0 Å². The molecule has 0 radical (unpaired) electrons. The summed E-state index contributed by atoms with van der Waals surface area (Å²) < 4.78 is 0. The van der Waals surface area contributed by atoms with Gasteiger partial charge in [0, 0.05) is 5.92 Å². The number of rotatable bonds is 1. The van der Waals surface area contributed by atoms with E-state index >= 15 is 0 Å². The molecule has 17 heavy (non-hydrogen) atoms. The zero-order chi connectivity index (χ0) is 12.6. The molecule has 1 nitrogen and oxygen atoms in total. The second-order valence-corrected chi connectivity index (χ2v) is 6.52. The summed E-state index contributed by atoms with van der Waals surface area (Å²) in [5.41, 5.74) is 1.81. The molecular formula is C16H25N. The van der Waals surface area contributed by atoms with Gasteiger partial charge in [-0.15, -0.1) is 0 Å². The van der Waals surface area contributed by atoms with Crippen molar-refractivity contribution in [1.82, 2.24) is 0 Å². The lowest BCUT2D eigenvalue weighted by Gasteiger charge is -2.38. The summed E-state index contributed by atoms with van der Waals surface area (Å²) in [6.07, 6.45) is 7.53. The fourth-order valence-corrected chi connectivity index (χ4v) is 3.92. The average Bonchev–Trinajstić information content (AvgIpc) is 2.60. The van der Waals surface area contributed by atoms with E-state index < -0.39 is 0 Å². The van der Waals surface area contributed by atoms with Gasteiger partial charge in [-0.05, 0) is 37.5 Å². The van der Waals surface area contributed by atoms with E-state index in [4.69, 9.17) is 6.57 Å². The molecule has 2 aliphatic rings. The summed E-state index contributed by atoms with van der Waals surface area (Å²) in [5.74, 6) is 1.92. The Balaban J connectivity index is 2.40. The van der Waals surface area contributed by atoms with E-state index in [9.17, 15) is 0 Å². The van der Waals surface area contributed by atoms with Crippen molar-refractivity contribution in [3.8, 4) is 0 Å². The Kier molecular flexibility index (Phi) is 3.34. The van der Waals surface area contributed by atoms with Gasteiger partial charge in [-0.1, -0.05) is 39.3 Å². The van der Waals surface area contributed by atoms with Crippen LogP contribution in [0, 0.1) is 29.7 Å². The Labute approximate surface area is 106 Å². The second-order valence-electron chi connectivity index (χ2n) is 6.52. The van der Waals surface area contributed by atoms with Crippen molar-refractivity contribution in [3.63, 3.8) is 0 Å². The predicted molar refractivity (Wildman–Crippen MR) is 72.5 cm³/mol. The minimum atomic E-state index is 0.207. The summed E-state index contributed by atoms with van der Waals surface area (Å²) in [7, 11) is 0. The van der Waals surface area contributed by atoms with E-state index in [2.05, 4.69) is 38.6 Å². The highest BCUT2D eigenvalue weighted by Gasteiger charge is 2.54. The first-order valence-electron chi connectivity index (χ1n) is 7.09. The van der Waals surface area contributed by atoms with Gasteiger partial charge in [-0.25, -0.2) is 6.57 Å². The monoisotopic (exact) mass is 231 g/mol. The van der Waals surface area contributed by atoms with Gasteiger partial charge in [-0.2, -0.15) is 0 Å².